The van der Waals surface area contributed by atoms with Gasteiger partial charge >= 0.3 is 0 Å². The fourth-order valence-corrected chi connectivity index (χ4v) is 1.73. The van der Waals surface area contributed by atoms with Crippen molar-refractivity contribution in [2.45, 2.75) is 20.4 Å². The van der Waals surface area contributed by atoms with Crippen LogP contribution in [0.3, 0.4) is 0 Å². The lowest BCUT2D eigenvalue weighted by Crippen LogP contribution is -2.01. The molecule has 90 valence electrons. The van der Waals surface area contributed by atoms with Crippen molar-refractivity contribution in [3.8, 4) is 6.07 Å². The van der Waals surface area contributed by atoms with E-state index < -0.39 is 0 Å². The Labute approximate surface area is 107 Å². The molecule has 18 heavy (non-hydrogen) atoms. The van der Waals surface area contributed by atoms with E-state index in [2.05, 4.69) is 22.4 Å². The van der Waals surface area contributed by atoms with Crippen molar-refractivity contribution >= 4 is 5.69 Å². The molecule has 0 amide bonds. The van der Waals surface area contributed by atoms with Crippen LogP contribution in [0.1, 0.15) is 22.4 Å². The fourth-order valence-electron chi connectivity index (χ4n) is 1.73. The second-order valence-corrected chi connectivity index (χ2v) is 4.30. The lowest BCUT2D eigenvalue weighted by atomic mass is 10.1. The molecule has 0 bridgehead atoms. The summed E-state index contributed by atoms with van der Waals surface area (Å²) in [7, 11) is 0. The van der Waals surface area contributed by atoms with Gasteiger partial charge in [0.25, 0.3) is 0 Å². The molecule has 0 radical (unpaired) electrons. The van der Waals surface area contributed by atoms with E-state index in [9.17, 15) is 0 Å². The Bertz CT molecular complexity index is 580. The Morgan fingerprint density at radius 1 is 1.22 bits per heavy atom. The van der Waals surface area contributed by atoms with Gasteiger partial charge in [0, 0.05) is 24.1 Å². The van der Waals surface area contributed by atoms with Crippen molar-refractivity contribution < 1.29 is 0 Å². The Kier molecular flexibility index (Phi) is 3.59. The second kappa shape index (κ2) is 5.33. The van der Waals surface area contributed by atoms with Crippen molar-refractivity contribution in [1.29, 1.82) is 5.26 Å². The molecule has 0 aliphatic carbocycles. The van der Waals surface area contributed by atoms with Gasteiger partial charge in [-0.3, -0.25) is 4.98 Å². The van der Waals surface area contributed by atoms with Gasteiger partial charge in [-0.05, 0) is 49.2 Å². The van der Waals surface area contributed by atoms with E-state index in [1.165, 1.54) is 0 Å². The third-order valence-electron chi connectivity index (χ3n) is 2.81. The maximum absolute atomic E-state index is 8.81. The average molecular weight is 237 g/mol. The minimum Gasteiger partial charge on any atom is -0.381 e. The highest BCUT2D eigenvalue weighted by molar-refractivity contribution is 5.54. The van der Waals surface area contributed by atoms with Crippen LogP contribution in [-0.2, 0) is 6.54 Å². The summed E-state index contributed by atoms with van der Waals surface area (Å²) in [5.74, 6) is 0. The summed E-state index contributed by atoms with van der Waals surface area (Å²) >= 11 is 0. The van der Waals surface area contributed by atoms with E-state index in [1.54, 1.807) is 0 Å². The first kappa shape index (κ1) is 12.1. The number of anilines is 1. The molecule has 0 fully saturated rings. The summed E-state index contributed by atoms with van der Waals surface area (Å²) in [5, 5.41) is 12.2. The SMILES string of the molecule is Cc1ccc(CNc2ccc(C#N)cc2C)cn1. The van der Waals surface area contributed by atoms with Crippen LogP contribution >= 0.6 is 0 Å². The van der Waals surface area contributed by atoms with Crippen LogP contribution in [0.15, 0.2) is 36.5 Å². The monoisotopic (exact) mass is 237 g/mol. The molecule has 1 heterocycles. The Balaban J connectivity index is 2.06. The molecule has 2 rings (SSSR count). The van der Waals surface area contributed by atoms with Crippen LogP contribution in [0.25, 0.3) is 0 Å². The molecule has 0 unspecified atom stereocenters. The lowest BCUT2D eigenvalue weighted by Gasteiger charge is -2.09. The minimum atomic E-state index is 0.690. The van der Waals surface area contributed by atoms with E-state index >= 15 is 0 Å². The molecule has 0 atom stereocenters. The normalized spacial score (nSPS) is 9.83. The van der Waals surface area contributed by atoms with Gasteiger partial charge in [-0.25, -0.2) is 0 Å². The van der Waals surface area contributed by atoms with E-state index in [0.717, 1.165) is 29.1 Å². The first-order chi connectivity index (χ1) is 8.69. The lowest BCUT2D eigenvalue weighted by molar-refractivity contribution is 1.08. The van der Waals surface area contributed by atoms with E-state index in [-0.39, 0.29) is 0 Å². The Morgan fingerprint density at radius 3 is 2.67 bits per heavy atom. The predicted molar refractivity (Wildman–Crippen MR) is 72.2 cm³/mol. The number of nitrogens with zero attached hydrogens (tertiary/aromatic N) is 2. The van der Waals surface area contributed by atoms with Crippen LogP contribution in [-0.4, -0.2) is 4.98 Å². The summed E-state index contributed by atoms with van der Waals surface area (Å²) in [6, 6.07) is 11.9. The molecule has 0 saturated heterocycles. The third kappa shape index (κ3) is 2.86. The zero-order chi connectivity index (χ0) is 13.0. The molecule has 3 nitrogen and oxygen atoms in total. The highest BCUT2D eigenvalue weighted by Gasteiger charge is 2.00. The molecule has 2 aromatic rings. The first-order valence-electron chi connectivity index (χ1n) is 5.85. The molecule has 1 N–H and O–H groups in total. The van der Waals surface area contributed by atoms with Gasteiger partial charge in [0.15, 0.2) is 0 Å². The highest BCUT2D eigenvalue weighted by Crippen LogP contribution is 2.17. The van der Waals surface area contributed by atoms with E-state index in [0.29, 0.717) is 5.56 Å². The number of hydrogen-bond donors (Lipinski definition) is 1. The van der Waals surface area contributed by atoms with Crippen molar-refractivity contribution in [1.82, 2.24) is 4.98 Å². The quantitative estimate of drug-likeness (QED) is 0.891. The van der Waals surface area contributed by atoms with Crippen LogP contribution in [0.2, 0.25) is 0 Å². The van der Waals surface area contributed by atoms with Gasteiger partial charge in [-0.1, -0.05) is 6.07 Å². The predicted octanol–water partition coefficient (Wildman–Crippen LogP) is 3.18. The summed E-state index contributed by atoms with van der Waals surface area (Å²) in [5.41, 5.74) is 4.98. The van der Waals surface area contributed by atoms with Gasteiger partial charge in [0.1, 0.15) is 0 Å². The van der Waals surface area contributed by atoms with Gasteiger partial charge in [-0.2, -0.15) is 5.26 Å². The molecule has 0 saturated carbocycles. The number of hydrogen-bond acceptors (Lipinski definition) is 3. The number of aryl methyl sites for hydroxylation is 2. The van der Waals surface area contributed by atoms with Gasteiger partial charge in [0.2, 0.25) is 0 Å². The topological polar surface area (TPSA) is 48.7 Å². The van der Waals surface area contributed by atoms with Crippen molar-refractivity contribution in [3.05, 3.63) is 58.9 Å². The van der Waals surface area contributed by atoms with Crippen LogP contribution in [0.5, 0.6) is 0 Å². The Morgan fingerprint density at radius 2 is 2.06 bits per heavy atom. The van der Waals surface area contributed by atoms with Gasteiger partial charge in [-0.15, -0.1) is 0 Å². The number of aromatic nitrogens is 1. The van der Waals surface area contributed by atoms with Crippen LogP contribution in [0, 0.1) is 25.2 Å². The smallest absolute Gasteiger partial charge is 0.0991 e. The zero-order valence-electron chi connectivity index (χ0n) is 10.6. The van der Waals surface area contributed by atoms with Gasteiger partial charge < -0.3 is 5.32 Å². The van der Waals surface area contributed by atoms with E-state index in [1.807, 2.05) is 44.3 Å². The zero-order valence-corrected chi connectivity index (χ0v) is 10.6. The third-order valence-corrected chi connectivity index (χ3v) is 2.81. The van der Waals surface area contributed by atoms with Crippen LogP contribution < -0.4 is 5.32 Å². The fraction of sp³-hybridized carbons (Fsp3) is 0.200. The molecule has 0 spiro atoms. The number of nitrogens with one attached hydrogen (secondary N) is 1. The van der Waals surface area contributed by atoms with Gasteiger partial charge in [0.05, 0.1) is 11.6 Å². The summed E-state index contributed by atoms with van der Waals surface area (Å²) in [4.78, 5) is 4.26. The molecule has 3 heteroatoms. The molecule has 1 aromatic carbocycles. The second-order valence-electron chi connectivity index (χ2n) is 4.30. The average Bonchev–Trinajstić information content (AvgIpc) is 2.39. The maximum atomic E-state index is 8.81. The summed E-state index contributed by atoms with van der Waals surface area (Å²) in [6.45, 7) is 4.71. The first-order valence-corrected chi connectivity index (χ1v) is 5.85. The number of pyridine rings is 1. The highest BCUT2D eigenvalue weighted by atomic mass is 14.9. The van der Waals surface area contributed by atoms with Crippen molar-refractivity contribution in [2.24, 2.45) is 0 Å². The number of nitriles is 1. The van der Waals surface area contributed by atoms with Crippen molar-refractivity contribution in [3.63, 3.8) is 0 Å². The Hall–Kier alpha value is -2.34. The number of benzene rings is 1. The van der Waals surface area contributed by atoms with Crippen molar-refractivity contribution in [2.75, 3.05) is 5.32 Å². The summed E-state index contributed by atoms with van der Waals surface area (Å²) < 4.78 is 0. The molecule has 0 aliphatic rings. The maximum Gasteiger partial charge on any atom is 0.0991 e. The minimum absolute atomic E-state index is 0.690. The molecule has 1 aromatic heterocycles. The summed E-state index contributed by atoms with van der Waals surface area (Å²) in [6.07, 6.45) is 1.88. The molecule has 0 aliphatic heterocycles. The molecular formula is C15H15N3. The standard InChI is InChI=1S/C15H15N3/c1-11-7-13(8-16)5-6-15(11)18-10-14-4-3-12(2)17-9-14/h3-7,9,18H,10H2,1-2H3. The van der Waals surface area contributed by atoms with Crippen LogP contribution in [0.4, 0.5) is 5.69 Å². The number of rotatable bonds is 3. The largest absolute Gasteiger partial charge is 0.381 e. The molecular weight excluding hydrogens is 222 g/mol. The van der Waals surface area contributed by atoms with E-state index in [4.69, 9.17) is 5.26 Å².